The Bertz CT molecular complexity index is 3850. The molecule has 0 amide bonds. The molecule has 9 aromatic carbocycles. The van der Waals surface area contributed by atoms with Crippen molar-refractivity contribution in [2.75, 3.05) is 0 Å². The molecule has 0 saturated heterocycles. The molecular weight excluding hydrogens is 799 g/mol. The Morgan fingerprint density at radius 1 is 0.469 bits per heavy atom. The molecule has 12 aromatic rings. The lowest BCUT2D eigenvalue weighted by molar-refractivity contribution is 0.663. The molecule has 0 aliphatic carbocycles. The predicted octanol–water partition coefficient (Wildman–Crippen LogP) is 15.8. The second-order valence-corrected chi connectivity index (χ2v) is 17.5. The molecule has 1 aliphatic heterocycles. The highest BCUT2D eigenvalue weighted by Gasteiger charge is 2.22. The van der Waals surface area contributed by atoms with Gasteiger partial charge in [-0.3, -0.25) is 4.99 Å². The summed E-state index contributed by atoms with van der Waals surface area (Å²) in [5.74, 6) is 0. The third-order valence-corrected chi connectivity index (χ3v) is 13.9. The predicted molar refractivity (Wildman–Crippen MR) is 269 cm³/mol. The maximum atomic E-state index is 6.70. The molecule has 1 unspecified atom stereocenters. The summed E-state index contributed by atoms with van der Waals surface area (Å²) in [6, 6.07) is 73.2. The maximum Gasteiger partial charge on any atom is 0.145 e. The molecule has 1 atom stereocenters. The normalized spacial score (nSPS) is 14.1. The number of benzene rings is 9. The quantitative estimate of drug-likeness (QED) is 0.170. The molecule has 64 heavy (non-hydrogen) atoms. The topological polar surface area (TPSA) is 50.4 Å². The van der Waals surface area contributed by atoms with Gasteiger partial charge in [0.1, 0.15) is 17.3 Å². The van der Waals surface area contributed by atoms with Crippen LogP contribution in [0.1, 0.15) is 22.9 Å². The Kier molecular flexibility index (Phi) is 8.43. The summed E-state index contributed by atoms with van der Waals surface area (Å²) in [6.07, 6.45) is 1.95. The first-order valence-corrected chi connectivity index (χ1v) is 22.5. The molecule has 300 valence electrons. The first-order chi connectivity index (χ1) is 31.7. The lowest BCUT2D eigenvalue weighted by atomic mass is 9.95. The van der Waals surface area contributed by atoms with Crippen molar-refractivity contribution in [1.82, 2.24) is 10.3 Å². The molecule has 0 radical (unpaired) electrons. The highest BCUT2D eigenvalue weighted by atomic mass is 32.1. The monoisotopic (exact) mass is 835 g/mol. The molecule has 3 aromatic heterocycles. The summed E-state index contributed by atoms with van der Waals surface area (Å²) in [5, 5.41) is 12.1. The van der Waals surface area contributed by atoms with E-state index in [1.807, 2.05) is 23.5 Å². The molecular formula is C59H37N3OS. The largest absolute Gasteiger partial charge is 0.455 e. The van der Waals surface area contributed by atoms with E-state index in [-0.39, 0.29) is 6.17 Å². The van der Waals surface area contributed by atoms with Gasteiger partial charge in [-0.1, -0.05) is 176 Å². The fourth-order valence-corrected chi connectivity index (χ4v) is 10.9. The van der Waals surface area contributed by atoms with Crippen molar-refractivity contribution in [3.63, 3.8) is 0 Å². The van der Waals surface area contributed by atoms with Crippen LogP contribution in [0.3, 0.4) is 0 Å². The first kappa shape index (κ1) is 36.5. The first-order valence-electron chi connectivity index (χ1n) is 21.7. The number of aliphatic imine (C=N–C) groups is 1. The molecule has 4 nitrogen and oxygen atoms in total. The van der Waals surface area contributed by atoms with Crippen LogP contribution >= 0.6 is 11.3 Å². The van der Waals surface area contributed by atoms with Crippen molar-refractivity contribution >= 4 is 86.5 Å². The third kappa shape index (κ3) is 5.97. The molecule has 0 saturated carbocycles. The van der Waals surface area contributed by atoms with E-state index in [0.29, 0.717) is 0 Å². The van der Waals surface area contributed by atoms with Crippen molar-refractivity contribution in [2.45, 2.75) is 6.17 Å². The summed E-state index contributed by atoms with van der Waals surface area (Å²) in [5.41, 5.74) is 14.8. The average molecular weight is 836 g/mol. The third-order valence-electron chi connectivity index (χ3n) is 12.7. The van der Waals surface area contributed by atoms with E-state index in [9.17, 15) is 0 Å². The number of allylic oxidation sites excluding steroid dienone is 1. The Labute approximate surface area is 373 Å². The fourth-order valence-electron chi connectivity index (χ4n) is 9.66. The van der Waals surface area contributed by atoms with Crippen LogP contribution in [0.25, 0.3) is 103 Å². The molecule has 0 spiro atoms. The zero-order chi connectivity index (χ0) is 42.1. The Morgan fingerprint density at radius 2 is 1.12 bits per heavy atom. The van der Waals surface area contributed by atoms with E-state index < -0.39 is 0 Å². The van der Waals surface area contributed by atoms with Gasteiger partial charge in [-0.2, -0.15) is 0 Å². The lowest BCUT2D eigenvalue weighted by Crippen LogP contribution is -2.24. The van der Waals surface area contributed by atoms with E-state index in [0.717, 1.165) is 77.9 Å². The molecule has 5 heteroatoms. The number of furan rings is 1. The van der Waals surface area contributed by atoms with E-state index in [1.165, 1.54) is 47.5 Å². The van der Waals surface area contributed by atoms with Gasteiger partial charge in [-0.15, -0.1) is 11.3 Å². The Balaban J connectivity index is 0.883. The number of para-hydroxylation sites is 2. The Morgan fingerprint density at radius 3 is 1.92 bits per heavy atom. The van der Waals surface area contributed by atoms with Crippen LogP contribution in [-0.4, -0.2) is 10.7 Å². The standard InChI is InChI=1S/C59H37N3OS/c1-4-14-38(15-5-1)50-35-51(62-59(61-50)40-18-8-3-9-19-40)41-30-32-52-48(34-41)44-23-12-21-42(57(44)63-52)36-26-28-37(29-27-36)43-22-13-24-47-55-53(64-58(43)47)33-31-46-54(55)45-20-10-11-25-49(45)60-56(46)39-16-6-2-7-17-39/h1-35,59,62H. The minimum atomic E-state index is -0.209. The van der Waals surface area contributed by atoms with Crippen molar-refractivity contribution in [3.8, 4) is 33.5 Å². The van der Waals surface area contributed by atoms with E-state index >= 15 is 0 Å². The van der Waals surface area contributed by atoms with Gasteiger partial charge in [0.2, 0.25) is 0 Å². The van der Waals surface area contributed by atoms with Crippen molar-refractivity contribution < 1.29 is 4.42 Å². The molecule has 1 N–H and O–H groups in total. The van der Waals surface area contributed by atoms with Crippen LogP contribution in [0.15, 0.2) is 222 Å². The van der Waals surface area contributed by atoms with Gasteiger partial charge in [0.05, 0.1) is 16.9 Å². The number of nitrogens with zero attached hydrogens (tertiary/aromatic N) is 2. The van der Waals surface area contributed by atoms with Crippen molar-refractivity contribution in [2.24, 2.45) is 4.99 Å². The van der Waals surface area contributed by atoms with Gasteiger partial charge < -0.3 is 9.73 Å². The zero-order valence-electron chi connectivity index (χ0n) is 34.5. The minimum absolute atomic E-state index is 0.209. The zero-order valence-corrected chi connectivity index (χ0v) is 35.3. The van der Waals surface area contributed by atoms with Crippen LogP contribution in [0, 0.1) is 0 Å². The number of nitrogens with one attached hydrogen (secondary N) is 1. The average Bonchev–Trinajstić information content (AvgIpc) is 3.95. The van der Waals surface area contributed by atoms with Crippen LogP contribution in [0.5, 0.6) is 0 Å². The van der Waals surface area contributed by atoms with Crippen LogP contribution in [-0.2, 0) is 0 Å². The van der Waals surface area contributed by atoms with E-state index in [2.05, 4.69) is 206 Å². The van der Waals surface area contributed by atoms with Gasteiger partial charge in [-0.05, 0) is 69.8 Å². The van der Waals surface area contributed by atoms with Crippen LogP contribution in [0.2, 0.25) is 0 Å². The highest BCUT2D eigenvalue weighted by molar-refractivity contribution is 7.26. The SMILES string of the molecule is C1=C(c2ccc3oc4c(-c5ccc(-c6cccc7c6sc6ccc8c(-c9ccccc9)nc9ccccc9c8c67)cc5)cccc4c3c2)NC(c2ccccc2)N=C1c1ccccc1. The van der Waals surface area contributed by atoms with E-state index in [4.69, 9.17) is 14.4 Å². The number of pyridine rings is 1. The van der Waals surface area contributed by atoms with Crippen LogP contribution < -0.4 is 5.32 Å². The second-order valence-electron chi connectivity index (χ2n) is 16.5. The second kappa shape index (κ2) is 14.8. The summed E-state index contributed by atoms with van der Waals surface area (Å²) in [7, 11) is 0. The summed E-state index contributed by atoms with van der Waals surface area (Å²) in [6.45, 7) is 0. The number of aromatic nitrogens is 1. The number of rotatable bonds is 6. The molecule has 0 bridgehead atoms. The summed E-state index contributed by atoms with van der Waals surface area (Å²) in [4.78, 5) is 10.3. The number of fused-ring (bicyclic) bond motifs is 10. The number of hydrogen-bond donors (Lipinski definition) is 1. The number of hydrogen-bond acceptors (Lipinski definition) is 5. The van der Waals surface area contributed by atoms with Crippen LogP contribution in [0.4, 0.5) is 0 Å². The maximum absolute atomic E-state index is 6.70. The van der Waals surface area contributed by atoms with Crippen molar-refractivity contribution in [1.29, 1.82) is 0 Å². The van der Waals surface area contributed by atoms with Gasteiger partial charge in [0, 0.05) is 63.9 Å². The minimum Gasteiger partial charge on any atom is -0.455 e. The molecule has 13 rings (SSSR count). The summed E-state index contributed by atoms with van der Waals surface area (Å²) < 4.78 is 9.27. The van der Waals surface area contributed by atoms with Gasteiger partial charge in [-0.25, -0.2) is 4.98 Å². The number of thiophene rings is 1. The Hall–Kier alpha value is -8.12. The smallest absolute Gasteiger partial charge is 0.145 e. The molecule has 0 fully saturated rings. The summed E-state index contributed by atoms with van der Waals surface area (Å²) >= 11 is 1.87. The fraction of sp³-hybridized carbons (Fsp3) is 0.0169. The van der Waals surface area contributed by atoms with Crippen molar-refractivity contribution in [3.05, 3.63) is 229 Å². The molecule has 1 aliphatic rings. The van der Waals surface area contributed by atoms with Gasteiger partial charge >= 0.3 is 0 Å². The highest BCUT2D eigenvalue weighted by Crippen LogP contribution is 2.46. The van der Waals surface area contributed by atoms with E-state index in [1.54, 1.807) is 0 Å². The lowest BCUT2D eigenvalue weighted by Gasteiger charge is -2.25. The molecule has 4 heterocycles. The van der Waals surface area contributed by atoms with Gasteiger partial charge in [0.25, 0.3) is 0 Å². The van der Waals surface area contributed by atoms with Gasteiger partial charge in [0.15, 0.2) is 0 Å².